The van der Waals surface area contributed by atoms with Crippen molar-refractivity contribution in [1.29, 1.82) is 0 Å². The van der Waals surface area contributed by atoms with Gasteiger partial charge in [0, 0.05) is 29.5 Å². The van der Waals surface area contributed by atoms with E-state index >= 15 is 0 Å². The van der Waals surface area contributed by atoms with Gasteiger partial charge in [0.2, 0.25) is 12.6 Å². The fourth-order valence-corrected chi connectivity index (χ4v) is 7.97. The van der Waals surface area contributed by atoms with Crippen molar-refractivity contribution in [2.24, 2.45) is 11.8 Å². The highest BCUT2D eigenvalue weighted by Crippen LogP contribution is 2.65. The number of benzene rings is 1. The van der Waals surface area contributed by atoms with E-state index in [1.54, 1.807) is 24.3 Å². The lowest BCUT2D eigenvalue weighted by molar-refractivity contribution is -0.135. The molecule has 0 saturated carbocycles. The number of aliphatic hydroxyl groups excluding tert-OH is 2. The standard InChI is InChI=1S/C33H47N3O19P2/c1-17(2)29(50-32(41)47-19(5)6)53-57(45,54-30(18(3)4)51-33(42)48-20(7)8)55-56(43,44)46-16-24-26(38)27(39)28(49-24)35-14-13-25(37)36(31(35)40)15-22-21-11-9-10-12-23(21)52-34-22/h9-14,17-20,24,26-30,38-39H,15-16H2,1-8H3,(H,43,44)/t24-,26+,27?,28-,29?,30?,57?/m1/s1. The average Bonchev–Trinajstić information content (AvgIpc) is 3.63. The number of carbonyl (C=O) groups excluding carboxylic acids is 2. The second-order valence-electron chi connectivity index (χ2n) is 13.9. The largest absolute Gasteiger partial charge is 0.510 e. The number of hydrogen-bond acceptors (Lipinski definition) is 19. The molecule has 24 heteroatoms. The van der Waals surface area contributed by atoms with Crippen LogP contribution in [-0.4, -0.2) is 91.4 Å². The molecule has 1 aliphatic rings. The van der Waals surface area contributed by atoms with Gasteiger partial charge in [0.25, 0.3) is 5.56 Å². The molecule has 4 rings (SSSR count). The van der Waals surface area contributed by atoms with Crippen molar-refractivity contribution >= 4 is 38.9 Å². The van der Waals surface area contributed by atoms with E-state index in [9.17, 15) is 43.4 Å². The van der Waals surface area contributed by atoms with Gasteiger partial charge in [-0.1, -0.05) is 45.0 Å². The number of ether oxygens (including phenoxy) is 5. The summed E-state index contributed by atoms with van der Waals surface area (Å²) in [5.74, 6) is -1.64. The van der Waals surface area contributed by atoms with Crippen LogP contribution < -0.4 is 11.2 Å². The Labute approximate surface area is 325 Å². The normalized spacial score (nSPS) is 21.7. The summed E-state index contributed by atoms with van der Waals surface area (Å²) in [6.07, 6.45) is -13.4. The van der Waals surface area contributed by atoms with E-state index in [-0.39, 0.29) is 12.2 Å². The topological polar surface area (TPSA) is 282 Å². The minimum Gasteiger partial charge on any atom is -0.432 e. The van der Waals surface area contributed by atoms with Gasteiger partial charge >= 0.3 is 33.6 Å². The monoisotopic (exact) mass is 851 g/mol. The minimum absolute atomic E-state index is 0.259. The van der Waals surface area contributed by atoms with Crippen molar-refractivity contribution in [3.8, 4) is 0 Å². The molecule has 3 heterocycles. The highest BCUT2D eigenvalue weighted by molar-refractivity contribution is 7.61. The van der Waals surface area contributed by atoms with Crippen molar-refractivity contribution in [2.45, 2.75) is 111 Å². The molecule has 318 valence electrons. The molecule has 1 fully saturated rings. The van der Waals surface area contributed by atoms with Crippen molar-refractivity contribution in [3.05, 3.63) is 63.1 Å². The summed E-state index contributed by atoms with van der Waals surface area (Å²) in [4.78, 5) is 61.6. The Balaban J connectivity index is 1.54. The second kappa shape index (κ2) is 19.2. The van der Waals surface area contributed by atoms with Crippen LogP contribution in [0.3, 0.4) is 0 Å². The number of para-hydroxylation sites is 1. The molecule has 7 atom stereocenters. The Kier molecular flexibility index (Phi) is 15.4. The molecular weight excluding hydrogens is 804 g/mol. The van der Waals surface area contributed by atoms with Crippen LogP contribution in [0.2, 0.25) is 0 Å². The zero-order valence-electron chi connectivity index (χ0n) is 32.3. The van der Waals surface area contributed by atoms with Crippen molar-refractivity contribution in [2.75, 3.05) is 6.61 Å². The van der Waals surface area contributed by atoms with E-state index in [0.717, 1.165) is 21.4 Å². The number of aromatic nitrogens is 3. The van der Waals surface area contributed by atoms with E-state index in [2.05, 4.69) is 5.16 Å². The third-order valence-electron chi connectivity index (χ3n) is 7.72. The zero-order valence-corrected chi connectivity index (χ0v) is 34.1. The highest BCUT2D eigenvalue weighted by atomic mass is 31.3. The molecule has 4 unspecified atom stereocenters. The highest BCUT2D eigenvalue weighted by Gasteiger charge is 2.49. The molecule has 0 aliphatic carbocycles. The summed E-state index contributed by atoms with van der Waals surface area (Å²) in [5.41, 5.74) is -1.03. The van der Waals surface area contributed by atoms with E-state index in [4.69, 9.17) is 46.1 Å². The van der Waals surface area contributed by atoms with Gasteiger partial charge in [0.1, 0.15) is 24.0 Å². The van der Waals surface area contributed by atoms with E-state index in [1.807, 2.05) is 0 Å². The van der Waals surface area contributed by atoms with Gasteiger partial charge < -0.3 is 43.3 Å². The quantitative estimate of drug-likeness (QED) is 0.0919. The van der Waals surface area contributed by atoms with Gasteiger partial charge in [-0.05, 0) is 39.8 Å². The van der Waals surface area contributed by atoms with Crippen LogP contribution >= 0.6 is 15.6 Å². The molecule has 1 aromatic carbocycles. The van der Waals surface area contributed by atoms with Gasteiger partial charge in [0.15, 0.2) is 11.8 Å². The smallest absolute Gasteiger partial charge is 0.432 e. The Morgan fingerprint density at radius 3 is 1.95 bits per heavy atom. The van der Waals surface area contributed by atoms with Gasteiger partial charge in [-0.15, -0.1) is 0 Å². The molecule has 3 N–H and O–H groups in total. The van der Waals surface area contributed by atoms with Gasteiger partial charge in [-0.3, -0.25) is 18.5 Å². The molecule has 1 aliphatic heterocycles. The summed E-state index contributed by atoms with van der Waals surface area (Å²) < 4.78 is 80.7. The number of rotatable bonds is 18. The van der Waals surface area contributed by atoms with E-state index in [1.165, 1.54) is 55.4 Å². The average molecular weight is 852 g/mol. The molecular formula is C33H47N3O19P2. The fourth-order valence-electron chi connectivity index (χ4n) is 4.99. The first kappa shape index (κ1) is 45.7. The lowest BCUT2D eigenvalue weighted by Gasteiger charge is -2.30. The number of phosphoric ester groups is 2. The number of nitrogens with zero attached hydrogens (tertiary/aromatic N) is 3. The van der Waals surface area contributed by atoms with Crippen LogP contribution in [0.1, 0.15) is 67.3 Å². The zero-order chi connectivity index (χ0) is 42.4. The molecule has 0 radical (unpaired) electrons. The Morgan fingerprint density at radius 1 is 0.842 bits per heavy atom. The number of aliphatic hydroxyl groups is 2. The fraction of sp³-hybridized carbons (Fsp3) is 0.606. The molecule has 1 saturated heterocycles. The summed E-state index contributed by atoms with van der Waals surface area (Å²) in [6.45, 7) is 10.5. The summed E-state index contributed by atoms with van der Waals surface area (Å²) in [6, 6.07) is 7.76. The second-order valence-corrected chi connectivity index (χ2v) is 17.1. The first-order chi connectivity index (χ1) is 26.6. The lowest BCUT2D eigenvalue weighted by Crippen LogP contribution is -2.43. The predicted octanol–water partition coefficient (Wildman–Crippen LogP) is 4.18. The van der Waals surface area contributed by atoms with Crippen LogP contribution in [0.4, 0.5) is 9.59 Å². The number of carbonyl (C=O) groups is 2. The predicted molar refractivity (Wildman–Crippen MR) is 193 cm³/mol. The number of phosphoric acid groups is 2. The first-order valence-electron chi connectivity index (χ1n) is 17.7. The van der Waals surface area contributed by atoms with Gasteiger partial charge in [-0.2, -0.15) is 4.31 Å². The van der Waals surface area contributed by atoms with Crippen LogP contribution in [0, 0.1) is 11.8 Å². The Hall–Kier alpha value is -3.95. The molecule has 0 amide bonds. The van der Waals surface area contributed by atoms with Crippen LogP contribution in [0.5, 0.6) is 0 Å². The minimum atomic E-state index is -5.63. The molecule has 57 heavy (non-hydrogen) atoms. The SMILES string of the molecule is CC(C)OC(=O)OC(OP(=O)(OC(OC(=O)OC(C)C)C(C)C)OP(=O)(O)OC[C@H]1O[C@@H](n2ccc(=O)n(Cc3noc4ccccc34)c2=O)C(O)[C@H]1O)C(C)C. The summed E-state index contributed by atoms with van der Waals surface area (Å²) in [5, 5.41) is 26.2. The molecule has 22 nitrogen and oxygen atoms in total. The first-order valence-corrected chi connectivity index (χ1v) is 20.6. The maximum Gasteiger partial charge on any atom is 0.510 e. The number of hydrogen-bond donors (Lipinski definition) is 3. The Morgan fingerprint density at radius 2 is 1.40 bits per heavy atom. The molecule has 0 spiro atoms. The van der Waals surface area contributed by atoms with Crippen molar-refractivity contribution in [1.82, 2.24) is 14.3 Å². The van der Waals surface area contributed by atoms with Gasteiger partial charge in [0.05, 0.1) is 25.4 Å². The van der Waals surface area contributed by atoms with Gasteiger partial charge in [-0.25, -0.2) is 32.6 Å². The molecule has 3 aromatic rings. The molecule has 0 bridgehead atoms. The van der Waals surface area contributed by atoms with Crippen LogP contribution in [0.25, 0.3) is 11.0 Å². The van der Waals surface area contributed by atoms with Crippen molar-refractivity contribution in [3.63, 3.8) is 0 Å². The van der Waals surface area contributed by atoms with Crippen LogP contribution in [-0.2, 0) is 57.2 Å². The molecule has 2 aromatic heterocycles. The van der Waals surface area contributed by atoms with Crippen LogP contribution in [0.15, 0.2) is 50.6 Å². The van der Waals surface area contributed by atoms with Crippen molar-refractivity contribution < 1.29 is 79.9 Å². The summed E-state index contributed by atoms with van der Waals surface area (Å²) >= 11 is 0. The third-order valence-corrected chi connectivity index (χ3v) is 10.7. The number of fused-ring (bicyclic) bond motifs is 1. The Bertz CT molecular complexity index is 2020. The maximum absolute atomic E-state index is 14.2. The maximum atomic E-state index is 14.2. The summed E-state index contributed by atoms with van der Waals surface area (Å²) in [7, 11) is -11.1. The lowest BCUT2D eigenvalue weighted by atomic mass is 10.1. The third kappa shape index (κ3) is 12.3. The van der Waals surface area contributed by atoms with E-state index < -0.39 is 107 Å². The van der Waals surface area contributed by atoms with E-state index in [0.29, 0.717) is 11.0 Å².